The largest absolute Gasteiger partial charge is 0.444 e. The lowest BCUT2D eigenvalue weighted by atomic mass is 10.0. The Morgan fingerprint density at radius 1 is 1.27 bits per heavy atom. The Morgan fingerprint density at radius 2 is 1.88 bits per heavy atom. The van der Waals surface area contributed by atoms with Crippen LogP contribution in [0.15, 0.2) is 33.6 Å². The van der Waals surface area contributed by atoms with E-state index in [0.717, 1.165) is 18.4 Å². The van der Waals surface area contributed by atoms with E-state index < -0.39 is 16.4 Å². The number of rotatable bonds is 1. The fraction of sp³-hybridized carbons (Fsp3) is 0.556. The maximum absolute atomic E-state index is 12.2. The lowest BCUT2D eigenvalue weighted by molar-refractivity contribution is 0.0175. The maximum atomic E-state index is 12.2. The van der Waals surface area contributed by atoms with E-state index in [4.69, 9.17) is 4.74 Å². The monoisotopic (exact) mass is 381 g/mol. The zero-order valence-corrected chi connectivity index (χ0v) is 16.5. The van der Waals surface area contributed by atoms with Crippen LogP contribution in [0, 0.1) is 0 Å². The number of amides is 1. The summed E-state index contributed by atoms with van der Waals surface area (Å²) in [6.45, 7) is 6.96. The number of carbonyl (C=O) groups excluding carboxylic acids is 1. The van der Waals surface area contributed by atoms with Crippen LogP contribution in [-0.4, -0.2) is 62.6 Å². The van der Waals surface area contributed by atoms with E-state index in [1.165, 1.54) is 0 Å². The highest BCUT2D eigenvalue weighted by molar-refractivity contribution is 8.23. The van der Waals surface area contributed by atoms with Gasteiger partial charge < -0.3 is 14.5 Å². The molecule has 1 amide bonds. The molecule has 144 valence electrons. The van der Waals surface area contributed by atoms with Gasteiger partial charge in [0, 0.05) is 31.7 Å². The van der Waals surface area contributed by atoms with Crippen molar-refractivity contribution in [2.75, 3.05) is 20.1 Å². The molecule has 8 heteroatoms. The summed E-state index contributed by atoms with van der Waals surface area (Å²) in [7, 11) is -1.33. The molecule has 0 atom stereocenters. The SMILES string of the molecule is CN(C(=O)OC(C)(C)C)C1CCN(C2=NS(O)(O)c3ccccc32)CC1. The van der Waals surface area contributed by atoms with Crippen LogP contribution in [-0.2, 0) is 4.74 Å². The van der Waals surface area contributed by atoms with Crippen molar-refractivity contribution in [3.63, 3.8) is 0 Å². The molecular weight excluding hydrogens is 354 g/mol. The van der Waals surface area contributed by atoms with Gasteiger partial charge >= 0.3 is 6.09 Å². The molecule has 0 saturated carbocycles. The van der Waals surface area contributed by atoms with Gasteiger partial charge in [0.2, 0.25) is 0 Å². The van der Waals surface area contributed by atoms with E-state index in [1.807, 2.05) is 32.9 Å². The van der Waals surface area contributed by atoms with Crippen molar-refractivity contribution in [3.05, 3.63) is 29.8 Å². The van der Waals surface area contributed by atoms with Crippen LogP contribution in [0.1, 0.15) is 39.2 Å². The highest BCUT2D eigenvalue weighted by Crippen LogP contribution is 2.56. The summed E-state index contributed by atoms with van der Waals surface area (Å²) >= 11 is 0. The fourth-order valence-corrected chi connectivity index (χ4v) is 4.55. The average Bonchev–Trinajstić information content (AvgIpc) is 2.85. The minimum absolute atomic E-state index is 0.0960. The van der Waals surface area contributed by atoms with Gasteiger partial charge in [0.25, 0.3) is 0 Å². The van der Waals surface area contributed by atoms with Gasteiger partial charge in [0.05, 0.1) is 4.90 Å². The van der Waals surface area contributed by atoms with Crippen molar-refractivity contribution >= 4 is 22.7 Å². The van der Waals surface area contributed by atoms with Crippen LogP contribution in [0.25, 0.3) is 0 Å². The molecule has 0 aromatic heterocycles. The number of piperidine rings is 1. The fourth-order valence-electron chi connectivity index (χ4n) is 3.29. The molecule has 1 fully saturated rings. The number of amidine groups is 1. The van der Waals surface area contributed by atoms with Crippen molar-refractivity contribution < 1.29 is 18.6 Å². The third-order valence-corrected chi connectivity index (χ3v) is 6.00. The molecule has 1 aromatic carbocycles. The normalized spacial score (nSPS) is 21.0. The molecular formula is C18H27N3O4S. The van der Waals surface area contributed by atoms with Gasteiger partial charge in [-0.3, -0.25) is 9.11 Å². The lowest BCUT2D eigenvalue weighted by Crippen LogP contribution is -2.48. The van der Waals surface area contributed by atoms with E-state index in [9.17, 15) is 13.9 Å². The van der Waals surface area contributed by atoms with Crippen LogP contribution >= 0.6 is 10.8 Å². The molecule has 0 aliphatic carbocycles. The van der Waals surface area contributed by atoms with Crippen LogP contribution in [0.2, 0.25) is 0 Å². The third-order valence-electron chi connectivity index (χ3n) is 4.63. The highest BCUT2D eigenvalue weighted by atomic mass is 32.3. The molecule has 1 aromatic rings. The van der Waals surface area contributed by atoms with Crippen molar-refractivity contribution in [1.82, 2.24) is 9.80 Å². The van der Waals surface area contributed by atoms with Gasteiger partial charge in [-0.15, -0.1) is 4.40 Å². The first-order valence-electron chi connectivity index (χ1n) is 8.77. The first-order chi connectivity index (χ1) is 12.1. The van der Waals surface area contributed by atoms with Crippen LogP contribution in [0.3, 0.4) is 0 Å². The van der Waals surface area contributed by atoms with Crippen LogP contribution < -0.4 is 0 Å². The number of carbonyl (C=O) groups is 1. The minimum atomic E-state index is -3.11. The molecule has 0 spiro atoms. The molecule has 1 saturated heterocycles. The summed E-state index contributed by atoms with van der Waals surface area (Å²) in [4.78, 5) is 16.5. The predicted molar refractivity (Wildman–Crippen MR) is 103 cm³/mol. The van der Waals surface area contributed by atoms with E-state index in [2.05, 4.69) is 9.30 Å². The number of benzene rings is 1. The zero-order valence-electron chi connectivity index (χ0n) is 15.7. The number of hydrogen-bond donors (Lipinski definition) is 2. The molecule has 2 aliphatic rings. The van der Waals surface area contributed by atoms with Crippen molar-refractivity contribution in [2.24, 2.45) is 4.40 Å². The second-order valence-electron chi connectivity index (χ2n) is 7.74. The Hall–Kier alpha value is -1.77. The molecule has 0 unspecified atom stereocenters. The minimum Gasteiger partial charge on any atom is -0.444 e. The van der Waals surface area contributed by atoms with Gasteiger partial charge in [0.1, 0.15) is 5.60 Å². The summed E-state index contributed by atoms with van der Waals surface area (Å²) in [6.07, 6.45) is 1.24. The Bertz CT molecular complexity index is 721. The lowest BCUT2D eigenvalue weighted by Gasteiger charge is -2.38. The van der Waals surface area contributed by atoms with Crippen LogP contribution in [0.5, 0.6) is 0 Å². The van der Waals surface area contributed by atoms with Crippen molar-refractivity contribution in [3.8, 4) is 0 Å². The Kier molecular flexibility index (Phi) is 4.94. The number of fused-ring (bicyclic) bond motifs is 1. The van der Waals surface area contributed by atoms with E-state index in [1.54, 1.807) is 24.1 Å². The van der Waals surface area contributed by atoms with Gasteiger partial charge in [-0.1, -0.05) is 22.9 Å². The Morgan fingerprint density at radius 3 is 2.50 bits per heavy atom. The average molecular weight is 381 g/mol. The summed E-state index contributed by atoms with van der Waals surface area (Å²) in [5, 5.41) is 0. The number of nitrogens with zero attached hydrogens (tertiary/aromatic N) is 3. The molecule has 26 heavy (non-hydrogen) atoms. The smallest absolute Gasteiger partial charge is 0.410 e. The summed E-state index contributed by atoms with van der Waals surface area (Å²) in [5.41, 5.74) is 0.273. The van der Waals surface area contributed by atoms with Crippen LogP contribution in [0.4, 0.5) is 4.79 Å². The van der Waals surface area contributed by atoms with E-state index in [0.29, 0.717) is 23.8 Å². The molecule has 2 aliphatic heterocycles. The van der Waals surface area contributed by atoms with Crippen molar-refractivity contribution in [1.29, 1.82) is 0 Å². The molecule has 7 nitrogen and oxygen atoms in total. The predicted octanol–water partition coefficient (Wildman–Crippen LogP) is 3.80. The Balaban J connectivity index is 1.66. The second-order valence-corrected chi connectivity index (χ2v) is 9.40. The third kappa shape index (κ3) is 3.82. The summed E-state index contributed by atoms with van der Waals surface area (Å²) in [6, 6.07) is 7.34. The number of hydrogen-bond acceptors (Lipinski definition) is 6. The molecule has 3 rings (SSSR count). The van der Waals surface area contributed by atoms with Gasteiger partial charge in [-0.25, -0.2) is 4.79 Å². The van der Waals surface area contributed by atoms with Gasteiger partial charge in [0.15, 0.2) is 5.84 Å². The number of ether oxygens (including phenoxy) is 1. The number of likely N-dealkylation sites (tertiary alicyclic amines) is 1. The highest BCUT2D eigenvalue weighted by Gasteiger charge is 2.35. The standard InChI is InChI=1S/C18H27N3O4S/c1-18(2,3)25-17(22)20(4)13-9-11-21(12-10-13)16-14-7-5-6-8-15(14)26(23,24)19-16/h5-8,13,23-24H,9-12H2,1-4H3. The molecule has 2 N–H and O–H groups in total. The summed E-state index contributed by atoms with van der Waals surface area (Å²) < 4.78 is 30.1. The van der Waals surface area contributed by atoms with E-state index in [-0.39, 0.29) is 12.1 Å². The van der Waals surface area contributed by atoms with Crippen molar-refractivity contribution in [2.45, 2.75) is 50.2 Å². The van der Waals surface area contributed by atoms with Gasteiger partial charge in [-0.2, -0.15) is 0 Å². The summed E-state index contributed by atoms with van der Waals surface area (Å²) in [5.74, 6) is 0.638. The first kappa shape index (κ1) is 19.0. The zero-order chi connectivity index (χ0) is 19.1. The second kappa shape index (κ2) is 6.75. The first-order valence-corrected chi connectivity index (χ1v) is 10.3. The molecule has 2 heterocycles. The maximum Gasteiger partial charge on any atom is 0.410 e. The topological polar surface area (TPSA) is 85.6 Å². The van der Waals surface area contributed by atoms with Gasteiger partial charge in [-0.05, 0) is 45.7 Å². The molecule has 0 bridgehead atoms. The quantitative estimate of drug-likeness (QED) is 0.773. The van der Waals surface area contributed by atoms with E-state index >= 15 is 0 Å². The molecule has 0 radical (unpaired) electrons. The Labute approximate surface area is 156 Å².